The Bertz CT molecular complexity index is 438. The quantitative estimate of drug-likeness (QED) is 0.767. The van der Waals surface area contributed by atoms with Gasteiger partial charge in [-0.05, 0) is 47.7 Å². The number of aliphatic hydroxyl groups excluding tert-OH is 1. The maximum absolute atomic E-state index is 9.39. The average molecular weight is 300 g/mol. The van der Waals surface area contributed by atoms with Crippen LogP contribution in [-0.4, -0.2) is 22.6 Å². The van der Waals surface area contributed by atoms with Crippen LogP contribution in [0.4, 0.5) is 5.69 Å². The molecule has 14 heavy (non-hydrogen) atoms. The Morgan fingerprint density at radius 1 is 1.50 bits per heavy atom. The highest BCUT2D eigenvalue weighted by Crippen LogP contribution is 2.29. The second-order valence-corrected chi connectivity index (χ2v) is 4.46. The third-order valence-corrected chi connectivity index (χ3v) is 2.79. The van der Waals surface area contributed by atoms with Gasteiger partial charge >= 0.3 is 0 Å². The van der Waals surface area contributed by atoms with Gasteiger partial charge in [0.05, 0.1) is 23.2 Å². The summed E-state index contributed by atoms with van der Waals surface area (Å²) < 4.78 is 1.09. The molecule has 0 amide bonds. The summed E-state index contributed by atoms with van der Waals surface area (Å²) in [6, 6.07) is 5.73. The van der Waals surface area contributed by atoms with Crippen LogP contribution in [0.25, 0.3) is 0 Å². The summed E-state index contributed by atoms with van der Waals surface area (Å²) in [5, 5.41) is 17.2. The van der Waals surface area contributed by atoms with Crippen molar-refractivity contribution in [3.05, 3.63) is 27.3 Å². The van der Waals surface area contributed by atoms with Crippen molar-refractivity contribution in [1.29, 1.82) is 5.41 Å². The molecule has 0 aromatic heterocycles. The van der Waals surface area contributed by atoms with Crippen molar-refractivity contribution in [1.82, 2.24) is 0 Å². The lowest BCUT2D eigenvalue weighted by Gasteiger charge is -2.02. The van der Waals surface area contributed by atoms with Gasteiger partial charge in [-0.3, -0.25) is 5.41 Å². The number of rotatable bonds is 1. The Kier molecular flexibility index (Phi) is 2.40. The number of nitrogens with zero attached hydrogens (tertiary/aromatic N) is 1. The number of aliphatic imine (C=N–C) groups is 1. The Morgan fingerprint density at radius 2 is 2.21 bits per heavy atom. The van der Waals surface area contributed by atoms with E-state index in [4.69, 9.17) is 5.41 Å². The van der Waals surface area contributed by atoms with E-state index in [0.717, 1.165) is 14.8 Å². The maximum atomic E-state index is 9.39. The van der Waals surface area contributed by atoms with Crippen molar-refractivity contribution in [2.45, 2.75) is 13.0 Å². The zero-order valence-corrected chi connectivity index (χ0v) is 9.74. The van der Waals surface area contributed by atoms with E-state index in [1.165, 1.54) is 0 Å². The van der Waals surface area contributed by atoms with Gasteiger partial charge in [0, 0.05) is 9.13 Å². The summed E-state index contributed by atoms with van der Waals surface area (Å²) in [4.78, 5) is 4.23. The Labute approximate surface area is 95.5 Å². The van der Waals surface area contributed by atoms with Crippen LogP contribution in [0.3, 0.4) is 0 Å². The van der Waals surface area contributed by atoms with Gasteiger partial charge in [-0.1, -0.05) is 0 Å². The summed E-state index contributed by atoms with van der Waals surface area (Å²) in [6.45, 7) is 1.63. The Balaban J connectivity index is 2.53. The lowest BCUT2D eigenvalue weighted by Crippen LogP contribution is -2.22. The van der Waals surface area contributed by atoms with Gasteiger partial charge in [0.1, 0.15) is 0 Å². The number of hydrogen-bond acceptors (Lipinski definition) is 3. The van der Waals surface area contributed by atoms with E-state index in [9.17, 15) is 5.11 Å². The molecule has 0 saturated carbocycles. The Morgan fingerprint density at radius 3 is 2.86 bits per heavy atom. The Hall–Kier alpha value is -0.750. The van der Waals surface area contributed by atoms with Gasteiger partial charge in [0.15, 0.2) is 0 Å². The van der Waals surface area contributed by atoms with E-state index < -0.39 is 6.10 Å². The SMILES string of the molecule is CC(O)C1=Nc2cc(I)ccc2C1=N. The monoisotopic (exact) mass is 300 g/mol. The van der Waals surface area contributed by atoms with Crippen LogP contribution >= 0.6 is 22.6 Å². The lowest BCUT2D eigenvalue weighted by molar-refractivity contribution is 0.264. The van der Waals surface area contributed by atoms with Crippen LogP contribution in [0.2, 0.25) is 0 Å². The summed E-state index contributed by atoms with van der Waals surface area (Å²) in [6.07, 6.45) is -0.674. The molecule has 0 spiro atoms. The van der Waals surface area contributed by atoms with E-state index in [-0.39, 0.29) is 0 Å². The van der Waals surface area contributed by atoms with E-state index in [1.807, 2.05) is 18.2 Å². The maximum Gasteiger partial charge on any atom is 0.0953 e. The molecule has 1 aliphatic rings. The van der Waals surface area contributed by atoms with E-state index in [2.05, 4.69) is 27.6 Å². The molecule has 3 nitrogen and oxygen atoms in total. The molecule has 4 heteroatoms. The average Bonchev–Trinajstić information content (AvgIpc) is 2.43. The molecule has 0 saturated heterocycles. The number of aliphatic hydroxyl groups is 1. The highest BCUT2D eigenvalue weighted by molar-refractivity contribution is 14.1. The molecule has 72 valence electrons. The van der Waals surface area contributed by atoms with Crippen molar-refractivity contribution < 1.29 is 5.11 Å². The molecule has 1 unspecified atom stereocenters. The van der Waals surface area contributed by atoms with Crippen LogP contribution in [0.15, 0.2) is 23.2 Å². The van der Waals surface area contributed by atoms with Crippen LogP contribution in [0.5, 0.6) is 0 Å². The molecule has 0 radical (unpaired) electrons. The molecule has 1 aliphatic heterocycles. The second kappa shape index (κ2) is 3.43. The van der Waals surface area contributed by atoms with Gasteiger partial charge in [0.2, 0.25) is 0 Å². The van der Waals surface area contributed by atoms with Crippen LogP contribution in [-0.2, 0) is 0 Å². The summed E-state index contributed by atoms with van der Waals surface area (Å²) in [7, 11) is 0. The number of nitrogens with one attached hydrogen (secondary N) is 1. The van der Waals surface area contributed by atoms with Gasteiger partial charge < -0.3 is 5.11 Å². The highest BCUT2D eigenvalue weighted by atomic mass is 127. The molecule has 0 bridgehead atoms. The van der Waals surface area contributed by atoms with Crippen molar-refractivity contribution in [2.75, 3.05) is 0 Å². The minimum absolute atomic E-state index is 0.339. The van der Waals surface area contributed by atoms with Crippen LogP contribution in [0.1, 0.15) is 12.5 Å². The molecule has 0 fully saturated rings. The van der Waals surface area contributed by atoms with Crippen LogP contribution < -0.4 is 0 Å². The number of benzene rings is 1. The molecule has 1 aromatic carbocycles. The van der Waals surface area contributed by atoms with Crippen molar-refractivity contribution >= 4 is 39.7 Å². The topological polar surface area (TPSA) is 56.4 Å². The number of halogens is 1. The fourth-order valence-electron chi connectivity index (χ4n) is 1.43. The molecule has 0 aliphatic carbocycles. The molecule has 1 atom stereocenters. The first-order chi connectivity index (χ1) is 6.59. The zero-order valence-electron chi connectivity index (χ0n) is 7.58. The first kappa shape index (κ1) is 9.79. The predicted molar refractivity (Wildman–Crippen MR) is 64.8 cm³/mol. The minimum Gasteiger partial charge on any atom is -0.387 e. The fraction of sp³-hybridized carbons (Fsp3) is 0.200. The molecule has 1 heterocycles. The van der Waals surface area contributed by atoms with E-state index >= 15 is 0 Å². The molecule has 1 aromatic rings. The van der Waals surface area contributed by atoms with Crippen LogP contribution in [0, 0.1) is 8.98 Å². The lowest BCUT2D eigenvalue weighted by atomic mass is 10.1. The van der Waals surface area contributed by atoms with Crippen molar-refractivity contribution in [3.8, 4) is 0 Å². The molecule has 2 N–H and O–H groups in total. The zero-order chi connectivity index (χ0) is 10.3. The van der Waals surface area contributed by atoms with Gasteiger partial charge in [-0.15, -0.1) is 0 Å². The first-order valence-electron chi connectivity index (χ1n) is 4.25. The summed E-state index contributed by atoms with van der Waals surface area (Å²) in [5.41, 5.74) is 2.40. The summed E-state index contributed by atoms with van der Waals surface area (Å²) in [5.74, 6) is 0. The summed E-state index contributed by atoms with van der Waals surface area (Å²) >= 11 is 2.20. The van der Waals surface area contributed by atoms with Gasteiger partial charge in [0.25, 0.3) is 0 Å². The molecule has 2 rings (SSSR count). The second-order valence-electron chi connectivity index (χ2n) is 3.21. The third kappa shape index (κ3) is 1.48. The number of fused-ring (bicyclic) bond motifs is 1. The minimum atomic E-state index is -0.674. The normalized spacial score (nSPS) is 16.5. The molecular weight excluding hydrogens is 291 g/mol. The van der Waals surface area contributed by atoms with E-state index in [1.54, 1.807) is 6.92 Å². The first-order valence-corrected chi connectivity index (χ1v) is 5.33. The van der Waals surface area contributed by atoms with Gasteiger partial charge in [-0.2, -0.15) is 0 Å². The van der Waals surface area contributed by atoms with Crippen molar-refractivity contribution in [2.24, 2.45) is 4.99 Å². The predicted octanol–water partition coefficient (Wildman–Crippen LogP) is 2.13. The third-order valence-electron chi connectivity index (χ3n) is 2.12. The standard InChI is InChI=1S/C10H9IN2O/c1-5(14)10-9(12)7-3-2-6(11)4-8(7)13-10/h2-5,12,14H,1H3. The smallest absolute Gasteiger partial charge is 0.0953 e. The van der Waals surface area contributed by atoms with Crippen molar-refractivity contribution in [3.63, 3.8) is 0 Å². The van der Waals surface area contributed by atoms with E-state index in [0.29, 0.717) is 11.4 Å². The highest BCUT2D eigenvalue weighted by Gasteiger charge is 2.23. The largest absolute Gasteiger partial charge is 0.387 e. The van der Waals surface area contributed by atoms with Gasteiger partial charge in [-0.25, -0.2) is 4.99 Å². The molecular formula is C10H9IN2O. The number of hydrogen-bond donors (Lipinski definition) is 2. The fourth-order valence-corrected chi connectivity index (χ4v) is 1.91.